The highest BCUT2D eigenvalue weighted by Crippen LogP contribution is 2.30. The molecule has 1 aliphatic rings. The molecule has 1 aliphatic heterocycles. The van der Waals surface area contributed by atoms with E-state index in [0.717, 1.165) is 36.6 Å². The molecule has 0 aromatic carbocycles. The standard InChI is InChI=1S/C13H19NO2/c1-13(2,3)8-10-7-11-12(9-14-10)16-6-4-5-15-11/h7,9H,4-6,8H2,1-3H3. The van der Waals surface area contributed by atoms with Crippen LogP contribution in [-0.2, 0) is 6.42 Å². The molecule has 0 aliphatic carbocycles. The summed E-state index contributed by atoms with van der Waals surface area (Å²) in [4.78, 5) is 4.41. The van der Waals surface area contributed by atoms with Crippen LogP contribution >= 0.6 is 0 Å². The van der Waals surface area contributed by atoms with Crippen LogP contribution in [0, 0.1) is 5.41 Å². The predicted molar refractivity (Wildman–Crippen MR) is 63.0 cm³/mol. The van der Waals surface area contributed by atoms with Gasteiger partial charge in [0, 0.05) is 18.2 Å². The van der Waals surface area contributed by atoms with E-state index in [1.165, 1.54) is 0 Å². The largest absolute Gasteiger partial charge is 0.489 e. The highest BCUT2D eigenvalue weighted by Gasteiger charge is 2.16. The van der Waals surface area contributed by atoms with Gasteiger partial charge in [-0.05, 0) is 11.8 Å². The average molecular weight is 221 g/mol. The molecule has 0 atom stereocenters. The molecule has 0 saturated carbocycles. The fourth-order valence-electron chi connectivity index (χ4n) is 1.75. The Kier molecular flexibility index (Phi) is 3.03. The fraction of sp³-hybridized carbons (Fsp3) is 0.615. The third-order valence-corrected chi connectivity index (χ3v) is 2.40. The number of aromatic nitrogens is 1. The van der Waals surface area contributed by atoms with Crippen LogP contribution in [0.3, 0.4) is 0 Å². The Morgan fingerprint density at radius 3 is 2.56 bits per heavy atom. The quantitative estimate of drug-likeness (QED) is 0.730. The van der Waals surface area contributed by atoms with Crippen LogP contribution < -0.4 is 9.47 Å². The molecule has 16 heavy (non-hydrogen) atoms. The summed E-state index contributed by atoms with van der Waals surface area (Å²) in [6.45, 7) is 8.06. The van der Waals surface area contributed by atoms with Gasteiger partial charge in [-0.2, -0.15) is 0 Å². The average Bonchev–Trinajstić information content (AvgIpc) is 2.39. The summed E-state index contributed by atoms with van der Waals surface area (Å²) < 4.78 is 11.2. The zero-order chi connectivity index (χ0) is 11.6. The lowest BCUT2D eigenvalue weighted by Crippen LogP contribution is -2.10. The van der Waals surface area contributed by atoms with Crippen LogP contribution in [0.1, 0.15) is 32.9 Å². The van der Waals surface area contributed by atoms with Crippen molar-refractivity contribution in [2.45, 2.75) is 33.6 Å². The van der Waals surface area contributed by atoms with Crippen LogP contribution in [0.4, 0.5) is 0 Å². The van der Waals surface area contributed by atoms with E-state index in [1.54, 1.807) is 6.20 Å². The van der Waals surface area contributed by atoms with Gasteiger partial charge >= 0.3 is 0 Å². The molecule has 1 aromatic heterocycles. The summed E-state index contributed by atoms with van der Waals surface area (Å²) in [7, 11) is 0. The number of hydrogen-bond donors (Lipinski definition) is 0. The van der Waals surface area contributed by atoms with E-state index >= 15 is 0 Å². The minimum atomic E-state index is 0.243. The third-order valence-electron chi connectivity index (χ3n) is 2.40. The fourth-order valence-corrected chi connectivity index (χ4v) is 1.75. The Morgan fingerprint density at radius 1 is 1.19 bits per heavy atom. The highest BCUT2D eigenvalue weighted by atomic mass is 16.5. The Hall–Kier alpha value is -1.25. The summed E-state index contributed by atoms with van der Waals surface area (Å²) in [5.41, 5.74) is 1.31. The number of nitrogens with zero attached hydrogens (tertiary/aromatic N) is 1. The van der Waals surface area contributed by atoms with Crippen molar-refractivity contribution in [3.8, 4) is 11.5 Å². The molecule has 0 spiro atoms. The summed E-state index contributed by atoms with van der Waals surface area (Å²) in [5, 5.41) is 0. The zero-order valence-electron chi connectivity index (χ0n) is 10.2. The van der Waals surface area contributed by atoms with Gasteiger partial charge in [0.25, 0.3) is 0 Å². The van der Waals surface area contributed by atoms with Gasteiger partial charge in [0.05, 0.1) is 19.4 Å². The maximum atomic E-state index is 5.64. The molecule has 3 heteroatoms. The number of rotatable bonds is 1. The van der Waals surface area contributed by atoms with Crippen molar-refractivity contribution >= 4 is 0 Å². The van der Waals surface area contributed by atoms with Crippen molar-refractivity contribution in [3.05, 3.63) is 18.0 Å². The second-order valence-corrected chi connectivity index (χ2v) is 5.41. The molecule has 2 rings (SSSR count). The van der Waals surface area contributed by atoms with Gasteiger partial charge < -0.3 is 9.47 Å². The second kappa shape index (κ2) is 4.32. The SMILES string of the molecule is CC(C)(C)Cc1cc2c(cn1)OCCCO2. The van der Waals surface area contributed by atoms with Crippen LogP contribution in [0.5, 0.6) is 11.5 Å². The maximum absolute atomic E-state index is 5.64. The molecule has 0 fully saturated rings. The second-order valence-electron chi connectivity index (χ2n) is 5.41. The Labute approximate surface area is 96.8 Å². The van der Waals surface area contributed by atoms with Gasteiger partial charge in [0.1, 0.15) is 0 Å². The topological polar surface area (TPSA) is 31.4 Å². The molecule has 0 radical (unpaired) electrons. The number of hydrogen-bond acceptors (Lipinski definition) is 3. The normalized spacial score (nSPS) is 15.7. The lowest BCUT2D eigenvalue weighted by Gasteiger charge is -2.18. The Bertz CT molecular complexity index is 369. The lowest BCUT2D eigenvalue weighted by molar-refractivity contribution is 0.296. The van der Waals surface area contributed by atoms with Gasteiger partial charge in [-0.15, -0.1) is 0 Å². The zero-order valence-corrected chi connectivity index (χ0v) is 10.2. The van der Waals surface area contributed by atoms with Gasteiger partial charge in [-0.25, -0.2) is 0 Å². The van der Waals surface area contributed by atoms with Gasteiger partial charge in [0.15, 0.2) is 11.5 Å². The van der Waals surface area contributed by atoms with E-state index in [-0.39, 0.29) is 5.41 Å². The molecule has 0 amide bonds. The monoisotopic (exact) mass is 221 g/mol. The number of fused-ring (bicyclic) bond motifs is 1. The van der Waals surface area contributed by atoms with E-state index < -0.39 is 0 Å². The van der Waals surface area contributed by atoms with E-state index in [4.69, 9.17) is 9.47 Å². The van der Waals surface area contributed by atoms with E-state index in [0.29, 0.717) is 6.61 Å². The number of ether oxygens (including phenoxy) is 2. The molecular weight excluding hydrogens is 202 g/mol. The first-order valence-corrected chi connectivity index (χ1v) is 5.79. The number of pyridine rings is 1. The molecular formula is C13H19NO2. The van der Waals surface area contributed by atoms with Crippen molar-refractivity contribution in [2.75, 3.05) is 13.2 Å². The maximum Gasteiger partial charge on any atom is 0.179 e. The lowest BCUT2D eigenvalue weighted by atomic mass is 9.90. The van der Waals surface area contributed by atoms with Crippen LogP contribution in [-0.4, -0.2) is 18.2 Å². The molecule has 88 valence electrons. The predicted octanol–water partition coefficient (Wildman–Crippen LogP) is 2.83. The van der Waals surface area contributed by atoms with E-state index in [1.807, 2.05) is 6.07 Å². The van der Waals surface area contributed by atoms with Gasteiger partial charge in [0.2, 0.25) is 0 Å². The van der Waals surface area contributed by atoms with Crippen molar-refractivity contribution in [2.24, 2.45) is 5.41 Å². The van der Waals surface area contributed by atoms with Gasteiger partial charge in [-0.3, -0.25) is 4.98 Å². The van der Waals surface area contributed by atoms with E-state index in [2.05, 4.69) is 25.8 Å². The minimum Gasteiger partial charge on any atom is -0.489 e. The summed E-state index contributed by atoms with van der Waals surface area (Å²) in [5.74, 6) is 1.61. The Balaban J connectivity index is 2.21. The van der Waals surface area contributed by atoms with Crippen LogP contribution in [0.2, 0.25) is 0 Å². The summed E-state index contributed by atoms with van der Waals surface area (Å²) >= 11 is 0. The molecule has 2 heterocycles. The molecule has 0 saturated heterocycles. The van der Waals surface area contributed by atoms with Crippen molar-refractivity contribution in [1.29, 1.82) is 0 Å². The molecule has 0 unspecified atom stereocenters. The molecule has 0 N–H and O–H groups in total. The van der Waals surface area contributed by atoms with Crippen LogP contribution in [0.25, 0.3) is 0 Å². The molecule has 3 nitrogen and oxygen atoms in total. The van der Waals surface area contributed by atoms with Crippen LogP contribution in [0.15, 0.2) is 12.3 Å². The smallest absolute Gasteiger partial charge is 0.179 e. The first kappa shape index (κ1) is 11.2. The van der Waals surface area contributed by atoms with Gasteiger partial charge in [-0.1, -0.05) is 20.8 Å². The molecule has 0 bridgehead atoms. The Morgan fingerprint density at radius 2 is 1.88 bits per heavy atom. The minimum absolute atomic E-state index is 0.243. The first-order valence-electron chi connectivity index (χ1n) is 5.79. The van der Waals surface area contributed by atoms with Crippen molar-refractivity contribution in [3.63, 3.8) is 0 Å². The molecule has 1 aromatic rings. The highest BCUT2D eigenvalue weighted by molar-refractivity contribution is 5.39. The van der Waals surface area contributed by atoms with Crippen molar-refractivity contribution < 1.29 is 9.47 Å². The first-order chi connectivity index (χ1) is 7.54. The third kappa shape index (κ3) is 2.87. The summed E-state index contributed by atoms with van der Waals surface area (Å²) in [6, 6.07) is 2.01. The van der Waals surface area contributed by atoms with E-state index in [9.17, 15) is 0 Å². The van der Waals surface area contributed by atoms with Crippen molar-refractivity contribution in [1.82, 2.24) is 4.98 Å². The summed E-state index contributed by atoms with van der Waals surface area (Å²) in [6.07, 6.45) is 3.66.